The van der Waals surface area contributed by atoms with Crippen LogP contribution in [0, 0.1) is 0 Å². The maximum absolute atomic E-state index is 5.98. The number of rotatable bonds is 5. The van der Waals surface area contributed by atoms with Crippen molar-refractivity contribution in [2.75, 3.05) is 6.54 Å². The third kappa shape index (κ3) is 3.84. The summed E-state index contributed by atoms with van der Waals surface area (Å²) < 4.78 is 0. The Labute approximate surface area is 111 Å². The van der Waals surface area contributed by atoms with E-state index in [0.717, 1.165) is 18.0 Å². The van der Waals surface area contributed by atoms with Gasteiger partial charge < -0.3 is 5.32 Å². The Kier molecular flexibility index (Phi) is 4.60. The summed E-state index contributed by atoms with van der Waals surface area (Å²) in [5.41, 5.74) is 1.24. The molecule has 0 saturated carbocycles. The molecule has 1 heterocycles. The molecule has 1 aromatic carbocycles. The van der Waals surface area contributed by atoms with Gasteiger partial charge in [-0.2, -0.15) is 0 Å². The van der Waals surface area contributed by atoms with Crippen LogP contribution in [0.3, 0.4) is 0 Å². The van der Waals surface area contributed by atoms with Crippen molar-refractivity contribution >= 4 is 22.9 Å². The minimum absolute atomic E-state index is 0.341. The fourth-order valence-electron chi connectivity index (χ4n) is 1.76. The molecule has 2 aromatic rings. The Hall–Kier alpha value is -0.830. The molecule has 0 unspecified atom stereocenters. The van der Waals surface area contributed by atoms with Gasteiger partial charge in [-0.25, -0.2) is 0 Å². The first kappa shape index (κ1) is 12.6. The highest BCUT2D eigenvalue weighted by Crippen LogP contribution is 2.17. The lowest BCUT2D eigenvalue weighted by Gasteiger charge is -2.14. The average Bonchev–Trinajstić information content (AvgIpc) is 2.82. The maximum atomic E-state index is 5.98. The van der Waals surface area contributed by atoms with Crippen LogP contribution in [0.4, 0.5) is 0 Å². The van der Waals surface area contributed by atoms with Gasteiger partial charge in [-0.05, 0) is 42.5 Å². The molecule has 0 bridgehead atoms. The van der Waals surface area contributed by atoms with E-state index in [9.17, 15) is 0 Å². The zero-order valence-electron chi connectivity index (χ0n) is 9.82. The molecule has 2 rings (SSSR count). The fourth-order valence-corrected chi connectivity index (χ4v) is 2.67. The standard InChI is InChI=1S/C14H16ClNS/c1-11(12-4-2-5-13(15)10-12)16-8-7-14-6-3-9-17-14/h2-6,9-11,16H,7-8H2,1H3/t11-/m1/s1. The van der Waals surface area contributed by atoms with Crippen LogP contribution in [0.5, 0.6) is 0 Å². The summed E-state index contributed by atoms with van der Waals surface area (Å²) in [6.45, 7) is 3.16. The monoisotopic (exact) mass is 265 g/mol. The third-order valence-corrected chi connectivity index (χ3v) is 3.92. The summed E-state index contributed by atoms with van der Waals surface area (Å²) in [6, 6.07) is 12.6. The molecule has 1 aromatic heterocycles. The minimum atomic E-state index is 0.341. The predicted octanol–water partition coefficient (Wildman–Crippen LogP) is 4.29. The zero-order chi connectivity index (χ0) is 12.1. The molecule has 0 radical (unpaired) electrons. The van der Waals surface area contributed by atoms with Crippen molar-refractivity contribution < 1.29 is 0 Å². The molecule has 0 amide bonds. The fraction of sp³-hybridized carbons (Fsp3) is 0.286. The Balaban J connectivity index is 1.83. The predicted molar refractivity (Wildman–Crippen MR) is 75.9 cm³/mol. The van der Waals surface area contributed by atoms with Crippen LogP contribution in [0.2, 0.25) is 5.02 Å². The van der Waals surface area contributed by atoms with Gasteiger partial charge in [0, 0.05) is 22.5 Å². The number of benzene rings is 1. The van der Waals surface area contributed by atoms with Gasteiger partial charge in [-0.1, -0.05) is 29.8 Å². The van der Waals surface area contributed by atoms with E-state index >= 15 is 0 Å². The van der Waals surface area contributed by atoms with Gasteiger partial charge in [0.2, 0.25) is 0 Å². The average molecular weight is 266 g/mol. The summed E-state index contributed by atoms with van der Waals surface area (Å²) >= 11 is 7.79. The second-order valence-corrected chi connectivity index (χ2v) is 5.53. The molecule has 1 nitrogen and oxygen atoms in total. The van der Waals surface area contributed by atoms with Crippen LogP contribution < -0.4 is 5.32 Å². The van der Waals surface area contributed by atoms with E-state index < -0.39 is 0 Å². The highest BCUT2D eigenvalue weighted by molar-refractivity contribution is 7.09. The number of thiophene rings is 1. The molecule has 1 N–H and O–H groups in total. The van der Waals surface area contributed by atoms with Gasteiger partial charge >= 0.3 is 0 Å². The molecular weight excluding hydrogens is 250 g/mol. The number of hydrogen-bond acceptors (Lipinski definition) is 2. The molecule has 17 heavy (non-hydrogen) atoms. The van der Waals surface area contributed by atoms with Crippen LogP contribution in [0.25, 0.3) is 0 Å². The Morgan fingerprint density at radius 2 is 2.18 bits per heavy atom. The van der Waals surface area contributed by atoms with Gasteiger partial charge in [0.05, 0.1) is 0 Å². The quantitative estimate of drug-likeness (QED) is 0.850. The van der Waals surface area contributed by atoms with Crippen molar-refractivity contribution in [3.63, 3.8) is 0 Å². The first-order valence-corrected chi connectivity index (χ1v) is 7.02. The molecule has 90 valence electrons. The van der Waals surface area contributed by atoms with E-state index in [4.69, 9.17) is 11.6 Å². The van der Waals surface area contributed by atoms with Crippen molar-refractivity contribution in [1.29, 1.82) is 0 Å². The van der Waals surface area contributed by atoms with Crippen molar-refractivity contribution in [3.05, 3.63) is 57.2 Å². The van der Waals surface area contributed by atoms with Crippen molar-refractivity contribution in [3.8, 4) is 0 Å². The van der Waals surface area contributed by atoms with E-state index in [1.807, 2.05) is 29.5 Å². The second kappa shape index (κ2) is 6.20. The highest BCUT2D eigenvalue weighted by atomic mass is 35.5. The lowest BCUT2D eigenvalue weighted by atomic mass is 10.1. The lowest BCUT2D eigenvalue weighted by molar-refractivity contribution is 0.578. The van der Waals surface area contributed by atoms with Gasteiger partial charge in [0.25, 0.3) is 0 Å². The van der Waals surface area contributed by atoms with Crippen molar-refractivity contribution in [2.24, 2.45) is 0 Å². The number of halogens is 1. The highest BCUT2D eigenvalue weighted by Gasteiger charge is 2.04. The minimum Gasteiger partial charge on any atom is -0.310 e. The Morgan fingerprint density at radius 3 is 2.88 bits per heavy atom. The summed E-state index contributed by atoms with van der Waals surface area (Å²) in [7, 11) is 0. The van der Waals surface area contributed by atoms with E-state index in [1.165, 1.54) is 10.4 Å². The third-order valence-electron chi connectivity index (χ3n) is 2.75. The summed E-state index contributed by atoms with van der Waals surface area (Å²) in [5.74, 6) is 0. The Bertz CT molecular complexity index is 453. The molecule has 1 atom stereocenters. The summed E-state index contributed by atoms with van der Waals surface area (Å²) in [6.07, 6.45) is 1.09. The van der Waals surface area contributed by atoms with Crippen LogP contribution in [0.15, 0.2) is 41.8 Å². The van der Waals surface area contributed by atoms with Crippen molar-refractivity contribution in [2.45, 2.75) is 19.4 Å². The van der Waals surface area contributed by atoms with Crippen molar-refractivity contribution in [1.82, 2.24) is 5.32 Å². The first-order chi connectivity index (χ1) is 8.25. The van der Waals surface area contributed by atoms with Crippen LogP contribution >= 0.6 is 22.9 Å². The van der Waals surface area contributed by atoms with E-state index in [0.29, 0.717) is 6.04 Å². The zero-order valence-corrected chi connectivity index (χ0v) is 11.4. The largest absolute Gasteiger partial charge is 0.310 e. The van der Waals surface area contributed by atoms with E-state index in [-0.39, 0.29) is 0 Å². The normalized spacial score (nSPS) is 12.6. The van der Waals surface area contributed by atoms with Gasteiger partial charge in [0.1, 0.15) is 0 Å². The maximum Gasteiger partial charge on any atom is 0.0409 e. The smallest absolute Gasteiger partial charge is 0.0409 e. The summed E-state index contributed by atoms with van der Waals surface area (Å²) in [4.78, 5) is 1.43. The second-order valence-electron chi connectivity index (χ2n) is 4.06. The molecule has 0 aliphatic rings. The van der Waals surface area contributed by atoms with E-state index in [1.54, 1.807) is 0 Å². The topological polar surface area (TPSA) is 12.0 Å². The number of hydrogen-bond donors (Lipinski definition) is 1. The van der Waals surface area contributed by atoms with Crippen LogP contribution in [-0.4, -0.2) is 6.54 Å². The molecule has 3 heteroatoms. The van der Waals surface area contributed by atoms with Gasteiger partial charge in [0.15, 0.2) is 0 Å². The van der Waals surface area contributed by atoms with E-state index in [2.05, 4.69) is 35.8 Å². The molecule has 0 aliphatic heterocycles. The first-order valence-electron chi connectivity index (χ1n) is 5.77. The molecular formula is C14H16ClNS. The number of nitrogens with one attached hydrogen (secondary N) is 1. The Morgan fingerprint density at radius 1 is 1.29 bits per heavy atom. The lowest BCUT2D eigenvalue weighted by Crippen LogP contribution is -2.21. The molecule has 0 fully saturated rings. The van der Waals surface area contributed by atoms with Crippen LogP contribution in [-0.2, 0) is 6.42 Å². The van der Waals surface area contributed by atoms with Gasteiger partial charge in [-0.15, -0.1) is 11.3 Å². The molecule has 0 saturated heterocycles. The van der Waals surface area contributed by atoms with Gasteiger partial charge in [-0.3, -0.25) is 0 Å². The SMILES string of the molecule is C[C@@H](NCCc1cccs1)c1cccc(Cl)c1. The molecule has 0 aliphatic carbocycles. The molecule has 0 spiro atoms. The van der Waals surface area contributed by atoms with Crippen LogP contribution in [0.1, 0.15) is 23.4 Å². The summed E-state index contributed by atoms with van der Waals surface area (Å²) in [5, 5.41) is 6.43.